The fourth-order valence-corrected chi connectivity index (χ4v) is 2.96. The molecule has 6 heteroatoms. The van der Waals surface area contributed by atoms with Crippen LogP contribution in [0.15, 0.2) is 30.3 Å². The summed E-state index contributed by atoms with van der Waals surface area (Å²) in [5.74, 6) is -0.208. The number of hydrogen-bond donors (Lipinski definition) is 1. The number of aromatic nitrogens is 2. The molecular weight excluding hydrogens is 302 g/mol. The number of carbonyl (C=O) groups is 1. The van der Waals surface area contributed by atoms with Gasteiger partial charge in [0.25, 0.3) is 5.91 Å². The zero-order valence-electron chi connectivity index (χ0n) is 12.4. The summed E-state index contributed by atoms with van der Waals surface area (Å²) in [6, 6.07) is 9.52. The summed E-state index contributed by atoms with van der Waals surface area (Å²) in [6.07, 6.45) is 2.13. The van der Waals surface area contributed by atoms with Crippen molar-refractivity contribution in [3.05, 3.63) is 46.7 Å². The first-order valence-corrected chi connectivity index (χ1v) is 7.75. The van der Waals surface area contributed by atoms with Gasteiger partial charge in [-0.2, -0.15) is 5.10 Å². The molecule has 0 radical (unpaired) electrons. The maximum Gasteiger partial charge on any atom is 0.256 e. The van der Waals surface area contributed by atoms with Crippen LogP contribution in [0.25, 0.3) is 5.69 Å². The van der Waals surface area contributed by atoms with Crippen molar-refractivity contribution in [1.82, 2.24) is 15.1 Å². The molecule has 22 heavy (non-hydrogen) atoms. The fraction of sp³-hybridized carbons (Fsp3) is 0.375. The zero-order valence-corrected chi connectivity index (χ0v) is 13.1. The molecule has 2 heterocycles. The second-order valence-corrected chi connectivity index (χ2v) is 5.70. The number of rotatable bonds is 4. The third kappa shape index (κ3) is 3.00. The quantitative estimate of drug-likeness (QED) is 0.942. The first-order valence-electron chi connectivity index (χ1n) is 7.37. The van der Waals surface area contributed by atoms with Crippen molar-refractivity contribution in [2.75, 3.05) is 13.2 Å². The van der Waals surface area contributed by atoms with Crippen LogP contribution < -0.4 is 5.32 Å². The molecule has 1 aliphatic rings. The van der Waals surface area contributed by atoms with E-state index in [1.165, 1.54) is 0 Å². The fourth-order valence-electron chi connectivity index (χ4n) is 2.60. The van der Waals surface area contributed by atoms with Crippen LogP contribution in [0, 0.1) is 6.92 Å². The van der Waals surface area contributed by atoms with E-state index >= 15 is 0 Å². The first kappa shape index (κ1) is 15.1. The zero-order chi connectivity index (χ0) is 15.5. The highest BCUT2D eigenvalue weighted by atomic mass is 35.5. The monoisotopic (exact) mass is 319 g/mol. The molecule has 1 amide bonds. The Labute approximate surface area is 134 Å². The Morgan fingerprint density at radius 3 is 2.91 bits per heavy atom. The molecule has 0 unspecified atom stereocenters. The maximum absolute atomic E-state index is 12.4. The Kier molecular flexibility index (Phi) is 4.45. The highest BCUT2D eigenvalue weighted by Gasteiger charge is 2.22. The Hall–Kier alpha value is -1.85. The molecule has 2 aromatic rings. The van der Waals surface area contributed by atoms with Crippen molar-refractivity contribution in [3.63, 3.8) is 0 Å². The predicted octanol–water partition coefficient (Wildman–Crippen LogP) is 2.74. The average Bonchev–Trinajstić information content (AvgIpc) is 3.14. The van der Waals surface area contributed by atoms with Crippen LogP contribution in [0.4, 0.5) is 0 Å². The van der Waals surface area contributed by atoms with Crippen LogP contribution in [-0.4, -0.2) is 34.9 Å². The number of amides is 1. The molecule has 0 spiro atoms. The minimum absolute atomic E-state index is 0.104. The van der Waals surface area contributed by atoms with Crippen molar-refractivity contribution in [1.29, 1.82) is 0 Å². The summed E-state index contributed by atoms with van der Waals surface area (Å²) >= 11 is 6.36. The van der Waals surface area contributed by atoms with E-state index in [4.69, 9.17) is 16.3 Å². The van der Waals surface area contributed by atoms with E-state index in [9.17, 15) is 4.79 Å². The van der Waals surface area contributed by atoms with Crippen LogP contribution in [0.5, 0.6) is 0 Å². The van der Waals surface area contributed by atoms with Gasteiger partial charge >= 0.3 is 0 Å². The van der Waals surface area contributed by atoms with Gasteiger partial charge in [-0.15, -0.1) is 0 Å². The second kappa shape index (κ2) is 6.50. The van der Waals surface area contributed by atoms with E-state index in [1.807, 2.05) is 30.3 Å². The molecule has 5 nitrogen and oxygen atoms in total. The lowest BCUT2D eigenvalue weighted by molar-refractivity contribution is 0.0857. The molecule has 1 atom stereocenters. The Morgan fingerprint density at radius 1 is 1.45 bits per heavy atom. The molecule has 0 saturated carbocycles. The van der Waals surface area contributed by atoms with Crippen molar-refractivity contribution < 1.29 is 9.53 Å². The molecule has 1 saturated heterocycles. The third-order valence-corrected chi connectivity index (χ3v) is 4.10. The van der Waals surface area contributed by atoms with E-state index < -0.39 is 0 Å². The number of carbonyl (C=O) groups excluding carboxylic acids is 1. The van der Waals surface area contributed by atoms with E-state index in [1.54, 1.807) is 11.6 Å². The average molecular weight is 320 g/mol. The van der Waals surface area contributed by atoms with Gasteiger partial charge in [0.2, 0.25) is 0 Å². The Morgan fingerprint density at radius 2 is 2.23 bits per heavy atom. The number of nitrogens with zero attached hydrogens (tertiary/aromatic N) is 2. The number of ether oxygens (including phenoxy) is 1. The van der Waals surface area contributed by atoms with Crippen molar-refractivity contribution in [2.45, 2.75) is 25.9 Å². The topological polar surface area (TPSA) is 56.2 Å². The Bertz CT molecular complexity index is 664. The van der Waals surface area contributed by atoms with Crippen LogP contribution in [0.2, 0.25) is 5.15 Å². The smallest absolute Gasteiger partial charge is 0.256 e. The number of aryl methyl sites for hydroxylation is 1. The Balaban J connectivity index is 1.78. The molecule has 1 N–H and O–H groups in total. The second-order valence-electron chi connectivity index (χ2n) is 5.34. The number of halogens is 1. The van der Waals surface area contributed by atoms with Crippen LogP contribution >= 0.6 is 11.6 Å². The maximum atomic E-state index is 12.4. The van der Waals surface area contributed by atoms with Crippen molar-refractivity contribution in [3.8, 4) is 5.69 Å². The molecule has 1 aliphatic heterocycles. The van der Waals surface area contributed by atoms with E-state index in [-0.39, 0.29) is 12.0 Å². The lowest BCUT2D eigenvalue weighted by Crippen LogP contribution is -2.32. The molecule has 0 bridgehead atoms. The van der Waals surface area contributed by atoms with Gasteiger partial charge in [0.15, 0.2) is 0 Å². The van der Waals surface area contributed by atoms with Gasteiger partial charge in [-0.1, -0.05) is 29.8 Å². The summed E-state index contributed by atoms with van der Waals surface area (Å²) in [4.78, 5) is 12.4. The largest absolute Gasteiger partial charge is 0.376 e. The van der Waals surface area contributed by atoms with Gasteiger partial charge in [-0.25, -0.2) is 4.68 Å². The van der Waals surface area contributed by atoms with Crippen LogP contribution in [0.3, 0.4) is 0 Å². The summed E-state index contributed by atoms with van der Waals surface area (Å²) in [5.41, 5.74) is 1.86. The lowest BCUT2D eigenvalue weighted by atomic mass is 10.2. The predicted molar refractivity (Wildman–Crippen MR) is 84.6 cm³/mol. The van der Waals surface area contributed by atoms with E-state index in [0.717, 1.165) is 25.1 Å². The van der Waals surface area contributed by atoms with E-state index in [2.05, 4.69) is 10.4 Å². The lowest BCUT2D eigenvalue weighted by Gasteiger charge is -2.10. The number of hydrogen-bond acceptors (Lipinski definition) is 3. The first-order chi connectivity index (χ1) is 10.7. The van der Waals surface area contributed by atoms with Crippen molar-refractivity contribution >= 4 is 17.5 Å². The number of para-hydroxylation sites is 1. The summed E-state index contributed by atoms with van der Waals surface area (Å²) in [6.45, 7) is 3.06. The summed E-state index contributed by atoms with van der Waals surface area (Å²) < 4.78 is 7.09. The molecule has 116 valence electrons. The standard InChI is InChI=1S/C16H18ClN3O2/c1-11-14(16(21)18-10-13-8-5-9-22-13)15(17)20(19-11)12-6-3-2-4-7-12/h2-4,6-7,13H,5,8-10H2,1H3,(H,18,21)/t13-/m1/s1. The van der Waals surface area contributed by atoms with Gasteiger partial charge in [-0.3, -0.25) is 4.79 Å². The molecule has 1 aromatic carbocycles. The number of nitrogens with one attached hydrogen (secondary N) is 1. The summed E-state index contributed by atoms with van der Waals surface area (Å²) in [7, 11) is 0. The van der Waals surface area contributed by atoms with E-state index in [0.29, 0.717) is 23.0 Å². The van der Waals surface area contributed by atoms with Gasteiger partial charge in [0, 0.05) is 13.2 Å². The highest BCUT2D eigenvalue weighted by molar-refractivity contribution is 6.33. The SMILES string of the molecule is Cc1nn(-c2ccccc2)c(Cl)c1C(=O)NC[C@H]1CCCO1. The summed E-state index contributed by atoms with van der Waals surface area (Å²) in [5, 5.41) is 7.59. The van der Waals surface area contributed by atoms with Crippen LogP contribution in [0.1, 0.15) is 28.9 Å². The van der Waals surface area contributed by atoms with Crippen LogP contribution in [-0.2, 0) is 4.74 Å². The molecular formula is C16H18ClN3O2. The van der Waals surface area contributed by atoms with Gasteiger partial charge in [0.1, 0.15) is 5.15 Å². The van der Waals surface area contributed by atoms with Gasteiger partial charge < -0.3 is 10.1 Å². The third-order valence-electron chi connectivity index (χ3n) is 3.75. The van der Waals surface area contributed by atoms with Crippen molar-refractivity contribution in [2.24, 2.45) is 0 Å². The minimum atomic E-state index is -0.208. The molecule has 0 aliphatic carbocycles. The normalized spacial score (nSPS) is 17.6. The molecule has 3 rings (SSSR count). The molecule has 1 fully saturated rings. The van der Waals surface area contributed by atoms with Gasteiger partial charge in [0.05, 0.1) is 23.0 Å². The highest BCUT2D eigenvalue weighted by Crippen LogP contribution is 2.23. The molecule has 1 aromatic heterocycles. The minimum Gasteiger partial charge on any atom is -0.376 e. The van der Waals surface area contributed by atoms with Gasteiger partial charge in [-0.05, 0) is 31.9 Å². The number of benzene rings is 1.